The van der Waals surface area contributed by atoms with E-state index in [1.54, 1.807) is 51.0 Å². The molecule has 1 fully saturated rings. The van der Waals surface area contributed by atoms with Gasteiger partial charge in [-0.1, -0.05) is 140 Å². The lowest BCUT2D eigenvalue weighted by Gasteiger charge is -2.34. The predicted octanol–water partition coefficient (Wildman–Crippen LogP) is 18.6. The van der Waals surface area contributed by atoms with Crippen LogP contribution < -0.4 is 19.1 Å². The zero-order valence-electron chi connectivity index (χ0n) is 62.8. The quantitative estimate of drug-likeness (QED) is 0.0297. The van der Waals surface area contributed by atoms with Crippen LogP contribution in [0.2, 0.25) is 0 Å². The molecular weight excluding hydrogens is 1470 g/mol. The van der Waals surface area contributed by atoms with Gasteiger partial charge in [-0.3, -0.25) is 29.9 Å². The maximum Gasteiger partial charge on any atom is 0.534 e. The first kappa shape index (κ1) is 81.7. The number of nitrogens with zero attached hydrogens (tertiary/aromatic N) is 6. The molecule has 554 valence electrons. The van der Waals surface area contributed by atoms with Crippen molar-refractivity contribution in [1.29, 1.82) is 0 Å². The van der Waals surface area contributed by atoms with E-state index < -0.39 is 26.8 Å². The molecule has 10 aromatic rings. The zero-order chi connectivity index (χ0) is 77.3. The second-order valence-corrected chi connectivity index (χ2v) is 31.9. The van der Waals surface area contributed by atoms with Crippen LogP contribution in [-0.2, 0) is 41.1 Å². The Hall–Kier alpha value is -8.97. The number of rotatable bonds is 19. The molecular formula is C83H95BF3IN6O10S. The Balaban J connectivity index is 0.000000180. The fourth-order valence-corrected chi connectivity index (χ4v) is 13.1. The molecule has 1 aliphatic heterocycles. The molecule has 16 nitrogen and oxygen atoms in total. The van der Waals surface area contributed by atoms with E-state index in [-0.39, 0.29) is 57.7 Å². The topological polar surface area (TPSA) is 218 Å². The molecule has 105 heavy (non-hydrogen) atoms. The molecule has 0 spiro atoms. The first-order chi connectivity index (χ1) is 49.2. The Morgan fingerprint density at radius 1 is 0.419 bits per heavy atom. The van der Waals surface area contributed by atoms with E-state index in [4.69, 9.17) is 18.8 Å². The second kappa shape index (κ2) is 33.2. The third-order valence-corrected chi connectivity index (χ3v) is 22.9. The molecule has 6 aromatic heterocycles. The van der Waals surface area contributed by atoms with Crippen LogP contribution >= 0.6 is 22.6 Å². The molecule has 0 aliphatic carbocycles. The molecule has 1 aliphatic rings. The average molecular weight is 1560 g/mol. The number of aromatic nitrogens is 6. The first-order valence-corrected chi connectivity index (χ1v) is 37.1. The zero-order valence-corrected chi connectivity index (χ0v) is 65.8. The highest BCUT2D eigenvalue weighted by atomic mass is 127. The molecule has 1 saturated heterocycles. The van der Waals surface area contributed by atoms with Crippen LogP contribution in [0.15, 0.2) is 207 Å². The standard InChI is InChI=1S/C23H23F3N2O4S.C22H30BNO3.C22H24N2O2.C16H18INO/c1-15(2)22(3,21-10-9-19(14-28-21)32-33(29,30)23(24,25)26)18-7-5-16(6-8-18)17-11-20(31-4)13-27-12-17;1-15(2)22(7,19-13-12-18(25)14-24-19)16-8-10-17(11-9-16)23-26-20(3,4)21(5,6)27-23;1-15(2)22(3,21-10-9-19(25)13-24-21)18-7-5-16(6-8-18)17-11-20(26-4)14-23-12-17;1-11(2)16(3,12-4-6-13(17)7-5-12)15-9-8-14(19)10-18-15/h5-15H,1-4H3;8-15,25H,1-7H3;5-15,25H,1-4H3;4-11,19H,1-3H3. The Morgan fingerprint density at radius 3 is 1.00 bits per heavy atom. The van der Waals surface area contributed by atoms with E-state index in [9.17, 15) is 36.9 Å². The van der Waals surface area contributed by atoms with Gasteiger partial charge in [0.25, 0.3) is 0 Å². The monoisotopic (exact) mass is 1560 g/mol. The van der Waals surface area contributed by atoms with Gasteiger partial charge in [0.05, 0.1) is 85.4 Å². The smallest absolute Gasteiger partial charge is 0.506 e. The minimum atomic E-state index is -5.76. The SMILES string of the molecule is CC(C)C(C)(c1ccc(B2OC(C)(C)C(C)(C)O2)cc1)c1ccc(O)cn1.CC(C)C(C)(c1ccc(I)cc1)c1ccc(O)cn1.COc1cncc(-c2ccc(C(C)(c3ccc(O)cn3)C(C)C)cc2)c1.COc1cncc(-c2ccc(C(C)(c3ccc(OS(=O)(=O)C(F)(F)F)cn3)C(C)C)cc2)c1. The van der Waals surface area contributed by atoms with Gasteiger partial charge >= 0.3 is 22.7 Å². The minimum absolute atomic E-state index is 0.0556. The summed E-state index contributed by atoms with van der Waals surface area (Å²) in [4.78, 5) is 26.0. The van der Waals surface area contributed by atoms with Crippen molar-refractivity contribution in [2.24, 2.45) is 23.7 Å². The van der Waals surface area contributed by atoms with Gasteiger partial charge < -0.3 is 38.3 Å². The van der Waals surface area contributed by atoms with Gasteiger partial charge in [-0.2, -0.15) is 21.6 Å². The summed E-state index contributed by atoms with van der Waals surface area (Å²) in [5.41, 5.74) is 5.44. The summed E-state index contributed by atoms with van der Waals surface area (Å²) in [7, 11) is -2.91. The largest absolute Gasteiger partial charge is 0.534 e. The molecule has 4 atom stereocenters. The lowest BCUT2D eigenvalue weighted by atomic mass is 9.69. The van der Waals surface area contributed by atoms with Crippen LogP contribution in [0, 0.1) is 27.2 Å². The Labute approximate surface area is 630 Å². The van der Waals surface area contributed by atoms with E-state index in [1.807, 2.05) is 81.6 Å². The highest BCUT2D eigenvalue weighted by molar-refractivity contribution is 14.1. The summed E-state index contributed by atoms with van der Waals surface area (Å²) in [6.07, 6.45) is 12.4. The van der Waals surface area contributed by atoms with Gasteiger partial charge in [0, 0.05) is 48.8 Å². The van der Waals surface area contributed by atoms with Crippen LogP contribution in [0.4, 0.5) is 13.2 Å². The van der Waals surface area contributed by atoms with Crippen molar-refractivity contribution < 1.29 is 59.9 Å². The van der Waals surface area contributed by atoms with Crippen molar-refractivity contribution in [1.82, 2.24) is 29.9 Å². The van der Waals surface area contributed by atoms with Crippen molar-refractivity contribution in [3.05, 3.63) is 256 Å². The highest BCUT2D eigenvalue weighted by Gasteiger charge is 2.52. The van der Waals surface area contributed by atoms with Crippen molar-refractivity contribution in [2.45, 2.75) is 149 Å². The maximum absolute atomic E-state index is 12.6. The number of pyridine rings is 6. The summed E-state index contributed by atoms with van der Waals surface area (Å²) in [6, 6.07) is 50.6. The Morgan fingerprint density at radius 2 is 0.724 bits per heavy atom. The summed E-state index contributed by atoms with van der Waals surface area (Å²) in [5, 5.41) is 28.5. The Kier molecular flexibility index (Phi) is 25.9. The normalized spacial score (nSPS) is 15.7. The lowest BCUT2D eigenvalue weighted by Crippen LogP contribution is -2.41. The molecule has 7 heterocycles. The molecule has 4 aromatic carbocycles. The number of hydrogen-bond donors (Lipinski definition) is 3. The number of hydrogen-bond acceptors (Lipinski definition) is 16. The summed E-state index contributed by atoms with van der Waals surface area (Å²) >= 11 is 2.31. The maximum atomic E-state index is 12.6. The number of alkyl halides is 3. The molecule has 11 rings (SSSR count). The van der Waals surface area contributed by atoms with E-state index in [1.165, 1.54) is 51.0 Å². The van der Waals surface area contributed by atoms with Gasteiger partial charge in [0.15, 0.2) is 5.75 Å². The summed E-state index contributed by atoms with van der Waals surface area (Å²) < 4.78 is 88.4. The van der Waals surface area contributed by atoms with Gasteiger partial charge in [-0.15, -0.1) is 0 Å². The molecule has 0 bridgehead atoms. The fourth-order valence-electron chi connectivity index (χ4n) is 12.3. The van der Waals surface area contributed by atoms with E-state index in [0.717, 1.165) is 62.3 Å². The molecule has 22 heteroatoms. The summed E-state index contributed by atoms with van der Waals surface area (Å²) in [6.45, 7) is 34.0. The molecule has 4 unspecified atom stereocenters. The van der Waals surface area contributed by atoms with Crippen LogP contribution in [-0.4, -0.2) is 91.7 Å². The fraction of sp³-hybridized carbons (Fsp3) is 0.349. The van der Waals surface area contributed by atoms with Crippen LogP contribution in [0.3, 0.4) is 0 Å². The number of methoxy groups -OCH3 is 2. The van der Waals surface area contributed by atoms with Crippen molar-refractivity contribution >= 4 is 45.3 Å². The number of benzene rings is 4. The summed E-state index contributed by atoms with van der Waals surface area (Å²) in [5.74, 6) is 2.57. The van der Waals surface area contributed by atoms with E-state index >= 15 is 0 Å². The van der Waals surface area contributed by atoms with Crippen molar-refractivity contribution in [3.63, 3.8) is 0 Å². The second-order valence-electron chi connectivity index (χ2n) is 29.1. The van der Waals surface area contributed by atoms with E-state index in [0.29, 0.717) is 29.2 Å². The first-order valence-electron chi connectivity index (χ1n) is 34.6. The van der Waals surface area contributed by atoms with Crippen molar-refractivity contribution in [2.75, 3.05) is 14.2 Å². The molecule has 0 saturated carbocycles. The van der Waals surface area contributed by atoms with Crippen LogP contribution in [0.25, 0.3) is 22.3 Å². The highest BCUT2D eigenvalue weighted by Crippen LogP contribution is 2.44. The van der Waals surface area contributed by atoms with Crippen LogP contribution in [0.5, 0.6) is 34.5 Å². The number of halogens is 4. The number of aromatic hydroxyl groups is 3. The van der Waals surface area contributed by atoms with Crippen LogP contribution in [0.1, 0.15) is 156 Å². The minimum Gasteiger partial charge on any atom is -0.506 e. The predicted molar refractivity (Wildman–Crippen MR) is 416 cm³/mol. The number of ether oxygens (including phenoxy) is 2. The average Bonchev–Trinajstić information content (AvgIpc) is 1.41. The van der Waals surface area contributed by atoms with Crippen molar-refractivity contribution in [3.8, 4) is 56.8 Å². The third kappa shape index (κ3) is 18.3. The van der Waals surface area contributed by atoms with Gasteiger partial charge in [0.2, 0.25) is 0 Å². The molecule has 0 radical (unpaired) electrons. The lowest BCUT2D eigenvalue weighted by molar-refractivity contribution is -0.0500. The van der Waals surface area contributed by atoms with Gasteiger partial charge in [-0.05, 0) is 213 Å². The molecule has 3 N–H and O–H groups in total. The third-order valence-electron chi connectivity index (χ3n) is 21.2. The molecule has 0 amide bonds. The van der Waals surface area contributed by atoms with Gasteiger partial charge in [0.1, 0.15) is 28.7 Å². The van der Waals surface area contributed by atoms with E-state index in [2.05, 4.69) is 219 Å². The van der Waals surface area contributed by atoms with Gasteiger partial charge in [-0.25, -0.2) is 0 Å². The Bertz CT molecular complexity index is 4540.